The Balaban J connectivity index is 1.98. The number of aliphatic hydroxyl groups excluding tert-OH is 1. The van der Waals surface area contributed by atoms with Gasteiger partial charge in [-0.3, -0.25) is 0 Å². The van der Waals surface area contributed by atoms with Gasteiger partial charge in [0.25, 0.3) is 0 Å². The van der Waals surface area contributed by atoms with Crippen LogP contribution in [0.2, 0.25) is 0 Å². The van der Waals surface area contributed by atoms with E-state index in [0.29, 0.717) is 19.2 Å². The van der Waals surface area contributed by atoms with Crippen LogP contribution in [-0.2, 0) is 0 Å². The smallest absolute Gasteiger partial charge is 0.127 e. The highest BCUT2D eigenvalue weighted by molar-refractivity contribution is 5.88. The van der Waals surface area contributed by atoms with Crippen molar-refractivity contribution in [3.63, 3.8) is 0 Å². The molecule has 0 fully saturated rings. The lowest BCUT2D eigenvalue weighted by molar-refractivity contribution is 0.105. The summed E-state index contributed by atoms with van der Waals surface area (Å²) >= 11 is 0. The van der Waals surface area contributed by atoms with Crippen molar-refractivity contribution in [3.8, 4) is 5.75 Å². The van der Waals surface area contributed by atoms with Crippen molar-refractivity contribution >= 4 is 10.8 Å². The minimum absolute atomic E-state index is 0.299. The first-order valence-corrected chi connectivity index (χ1v) is 6.69. The molecule has 2 aromatic rings. The number of aliphatic hydroxyl groups is 1. The molecule has 0 spiro atoms. The van der Waals surface area contributed by atoms with Crippen LogP contribution in [0.15, 0.2) is 42.5 Å². The van der Waals surface area contributed by atoms with Crippen molar-refractivity contribution in [3.05, 3.63) is 42.5 Å². The summed E-state index contributed by atoms with van der Waals surface area (Å²) in [5, 5.41) is 15.3. The van der Waals surface area contributed by atoms with Crippen LogP contribution in [0.4, 0.5) is 0 Å². The second kappa shape index (κ2) is 6.55. The fourth-order valence-electron chi connectivity index (χ4n) is 1.94. The van der Waals surface area contributed by atoms with E-state index in [1.165, 1.54) is 0 Å². The Kier molecular flexibility index (Phi) is 4.77. The Morgan fingerprint density at radius 2 is 1.84 bits per heavy atom. The third-order valence-corrected chi connectivity index (χ3v) is 2.94. The maximum atomic E-state index is 9.84. The largest absolute Gasteiger partial charge is 0.490 e. The zero-order valence-corrected chi connectivity index (χ0v) is 11.5. The fraction of sp³-hybridized carbons (Fsp3) is 0.375. The molecule has 102 valence electrons. The quantitative estimate of drug-likeness (QED) is 0.843. The Morgan fingerprint density at radius 1 is 1.11 bits per heavy atom. The van der Waals surface area contributed by atoms with Crippen molar-refractivity contribution in [1.82, 2.24) is 5.32 Å². The monoisotopic (exact) mass is 265 g/mol. The van der Waals surface area contributed by atoms with E-state index in [-0.39, 0.29) is 0 Å². The molecule has 1 unspecified atom stereocenters. The summed E-state index contributed by atoms with van der Waals surface area (Å²) in [6, 6.07) is 14.4. The van der Waals surface area contributed by atoms with E-state index in [2.05, 4.69) is 31.3 Å². The van der Waals surface area contributed by atoms with Crippen LogP contribution in [0.5, 0.6) is 5.75 Å². The zero-order chi connectivity index (χ0) is 13.7. The highest BCUT2D eigenvalue weighted by Gasteiger charge is 2.07. The van der Waals surface area contributed by atoms with Gasteiger partial charge < -0.3 is 15.2 Å². The van der Waals surface area contributed by atoms with Crippen molar-refractivity contribution in [2.45, 2.75) is 26.0 Å². The average molecular weight is 265 g/mol. The van der Waals surface area contributed by atoms with Crippen LogP contribution in [0.1, 0.15) is 13.8 Å². The molecular weight excluding hydrogens is 244 g/mol. The lowest BCUT2D eigenvalue weighted by atomic mass is 10.3. The van der Waals surface area contributed by atoms with Crippen LogP contribution < -0.4 is 10.1 Å². The van der Waals surface area contributed by atoms with Crippen molar-refractivity contribution in [2.24, 2.45) is 0 Å². The van der Waals surface area contributed by atoms with Crippen molar-refractivity contribution in [2.75, 3.05) is 13.2 Å². The number of hydrogen-bond acceptors (Lipinski definition) is 3. The van der Waals surface area contributed by atoms with E-state index in [0.717, 1.165) is 16.5 Å². The minimum atomic E-state index is -0.499. The molecule has 19 heavy (non-hydrogen) atoms. The van der Waals surface area contributed by atoms with Gasteiger partial charge in [0.05, 0.1) is 0 Å². The maximum absolute atomic E-state index is 9.84. The molecule has 2 rings (SSSR count). The van der Waals surface area contributed by atoms with Gasteiger partial charge in [-0.15, -0.1) is 0 Å². The van der Waals surface area contributed by atoms with Gasteiger partial charge >= 0.3 is 0 Å². The molecule has 1 atom stereocenters. The first-order chi connectivity index (χ1) is 9.16. The van der Waals surface area contributed by atoms with E-state index < -0.39 is 6.10 Å². The van der Waals surface area contributed by atoms with Gasteiger partial charge in [0, 0.05) is 18.0 Å². The van der Waals surface area contributed by atoms with Crippen LogP contribution in [0.3, 0.4) is 0 Å². The highest BCUT2D eigenvalue weighted by atomic mass is 16.5. The summed E-state index contributed by atoms with van der Waals surface area (Å²) in [5.41, 5.74) is 0. The summed E-state index contributed by atoms with van der Waals surface area (Å²) < 4.78 is 5.72. The van der Waals surface area contributed by atoms with Gasteiger partial charge in [-0.2, -0.15) is 0 Å². The molecule has 2 aromatic carbocycles. The van der Waals surface area contributed by atoms with Gasteiger partial charge in [0.2, 0.25) is 0 Å². The minimum Gasteiger partial charge on any atom is -0.490 e. The topological polar surface area (TPSA) is 41.5 Å². The van der Waals surface area contributed by atoms with Gasteiger partial charge in [-0.1, -0.05) is 50.2 Å². The van der Waals surface area contributed by atoms with Gasteiger partial charge in [-0.05, 0) is 11.5 Å². The number of hydrogen-bond donors (Lipinski definition) is 2. The second-order valence-electron chi connectivity index (χ2n) is 5.01. The molecule has 0 saturated heterocycles. The van der Waals surface area contributed by atoms with Crippen LogP contribution in [0.25, 0.3) is 10.8 Å². The Bertz CT molecular complexity index is 520. The van der Waals surface area contributed by atoms with Crippen LogP contribution >= 0.6 is 0 Å². The third-order valence-electron chi connectivity index (χ3n) is 2.94. The van der Waals surface area contributed by atoms with E-state index in [4.69, 9.17) is 4.74 Å². The van der Waals surface area contributed by atoms with Gasteiger partial charge in [-0.25, -0.2) is 0 Å². The highest BCUT2D eigenvalue weighted by Crippen LogP contribution is 2.25. The lowest BCUT2D eigenvalue weighted by Crippen LogP contribution is -2.35. The maximum Gasteiger partial charge on any atom is 0.127 e. The molecule has 3 nitrogen and oxygen atoms in total. The van der Waals surface area contributed by atoms with E-state index in [9.17, 15) is 5.11 Å². The second-order valence-corrected chi connectivity index (χ2v) is 5.01. The summed E-state index contributed by atoms with van der Waals surface area (Å²) in [5.74, 6) is 0.821. The Hall–Kier alpha value is -1.58. The van der Waals surface area contributed by atoms with Crippen molar-refractivity contribution in [1.29, 1.82) is 0 Å². The molecule has 2 N–H and O–H groups in total. The molecule has 3 heteroatoms. The van der Waals surface area contributed by atoms with Gasteiger partial charge in [0.1, 0.15) is 18.5 Å². The summed E-state index contributed by atoms with van der Waals surface area (Å²) in [6.45, 7) is 4.95. The molecule has 0 aromatic heterocycles. The van der Waals surface area contributed by atoms with Gasteiger partial charge in [0.15, 0.2) is 0 Å². The molecule has 0 radical (unpaired) electrons. The standard InChI is InChI=1S/C16H21NO2/c1-12(2)17-10-14(18)11-19-16-9-5-7-13-6-3-4-8-15(13)16/h3-9,12,14,17-18H,10-11H2,1-2H3/i3+1,4+1,6+1,8+1,13+1,15+1. The van der Waals surface area contributed by atoms with Crippen molar-refractivity contribution < 1.29 is 9.84 Å². The molecule has 0 bridgehead atoms. The van der Waals surface area contributed by atoms with E-state index in [1.54, 1.807) is 0 Å². The number of fused-ring (bicyclic) bond motifs is 1. The molecule has 0 aliphatic heterocycles. The number of benzene rings is 2. The first-order valence-electron chi connectivity index (χ1n) is 6.69. The predicted molar refractivity (Wildman–Crippen MR) is 78.6 cm³/mol. The molecule has 0 aliphatic carbocycles. The Morgan fingerprint density at radius 3 is 2.63 bits per heavy atom. The Labute approximate surface area is 114 Å². The number of rotatable bonds is 6. The van der Waals surface area contributed by atoms with Crippen LogP contribution in [0, 0.1) is 0 Å². The molecule has 0 heterocycles. The number of nitrogens with one attached hydrogen (secondary N) is 1. The van der Waals surface area contributed by atoms with Crippen LogP contribution in [-0.4, -0.2) is 30.4 Å². The third kappa shape index (κ3) is 3.94. The molecule has 0 amide bonds. The van der Waals surface area contributed by atoms with E-state index in [1.807, 2.05) is 30.3 Å². The lowest BCUT2D eigenvalue weighted by Gasteiger charge is -2.15. The molecule has 0 saturated carbocycles. The fourth-order valence-corrected chi connectivity index (χ4v) is 1.94. The summed E-state index contributed by atoms with van der Waals surface area (Å²) in [7, 11) is 0. The normalized spacial score (nSPS) is 12.8. The van der Waals surface area contributed by atoms with E-state index >= 15 is 0 Å². The molecule has 0 aliphatic rings. The zero-order valence-electron chi connectivity index (χ0n) is 11.5. The first kappa shape index (κ1) is 13.8. The summed E-state index contributed by atoms with van der Waals surface area (Å²) in [4.78, 5) is 0. The summed E-state index contributed by atoms with van der Waals surface area (Å²) in [6.07, 6.45) is -0.499. The average Bonchev–Trinajstić information content (AvgIpc) is 2.42. The molecular formula is C16H21NO2. The SMILES string of the molecule is CC(C)NCC(O)COc1ccc[13c]2[13cH][13cH][13cH][13cH][13c]12. The number of ether oxygens (including phenoxy) is 1. The predicted octanol–water partition coefficient (Wildman–Crippen LogP) is 2.58.